The van der Waals surface area contributed by atoms with Crippen LogP contribution in [0.4, 0.5) is 0 Å². The van der Waals surface area contributed by atoms with E-state index in [4.69, 9.17) is 5.73 Å². The molecular formula is C10H12N2S2. The van der Waals surface area contributed by atoms with Crippen molar-refractivity contribution in [3.8, 4) is 0 Å². The van der Waals surface area contributed by atoms with E-state index in [-0.39, 0.29) is 6.04 Å². The number of nitrogens with two attached hydrogens (primary N) is 1. The van der Waals surface area contributed by atoms with Crippen LogP contribution in [0.2, 0.25) is 0 Å². The van der Waals surface area contributed by atoms with Crippen LogP contribution in [0.25, 0.3) is 0 Å². The third-order valence-electron chi connectivity index (χ3n) is 2.10. The molecular weight excluding hydrogens is 212 g/mol. The van der Waals surface area contributed by atoms with E-state index in [2.05, 4.69) is 22.5 Å². The summed E-state index contributed by atoms with van der Waals surface area (Å²) >= 11 is 3.43. The van der Waals surface area contributed by atoms with Crippen molar-refractivity contribution in [3.63, 3.8) is 0 Å². The van der Waals surface area contributed by atoms with Crippen LogP contribution in [0.1, 0.15) is 22.2 Å². The molecule has 2 heterocycles. The van der Waals surface area contributed by atoms with Crippen molar-refractivity contribution >= 4 is 22.7 Å². The van der Waals surface area contributed by atoms with Crippen LogP contribution in [0.5, 0.6) is 0 Å². The van der Waals surface area contributed by atoms with Gasteiger partial charge in [-0.1, -0.05) is 6.07 Å². The highest BCUT2D eigenvalue weighted by molar-refractivity contribution is 7.10. The Morgan fingerprint density at radius 3 is 3.00 bits per heavy atom. The number of thiazole rings is 1. The van der Waals surface area contributed by atoms with Crippen molar-refractivity contribution in [2.45, 2.75) is 18.9 Å². The van der Waals surface area contributed by atoms with Gasteiger partial charge in [0.25, 0.3) is 0 Å². The van der Waals surface area contributed by atoms with Crippen LogP contribution >= 0.6 is 22.7 Å². The molecule has 0 bridgehead atoms. The van der Waals surface area contributed by atoms with Crippen molar-refractivity contribution in [1.29, 1.82) is 0 Å². The summed E-state index contributed by atoms with van der Waals surface area (Å²) in [5.74, 6) is 0. The minimum Gasteiger partial charge on any atom is -0.323 e. The molecule has 2 aromatic rings. The molecule has 74 valence electrons. The third-order valence-corrected chi connectivity index (χ3v) is 3.94. The number of aryl methyl sites for hydroxylation is 1. The van der Waals surface area contributed by atoms with E-state index in [0.29, 0.717) is 0 Å². The van der Waals surface area contributed by atoms with E-state index in [9.17, 15) is 0 Å². The molecule has 0 saturated heterocycles. The van der Waals surface area contributed by atoms with Gasteiger partial charge in [0.1, 0.15) is 0 Å². The first-order valence-corrected chi connectivity index (χ1v) is 6.28. The monoisotopic (exact) mass is 224 g/mol. The number of aromatic nitrogens is 1. The fraction of sp³-hybridized carbons (Fsp3) is 0.300. The van der Waals surface area contributed by atoms with Crippen molar-refractivity contribution < 1.29 is 0 Å². The first-order valence-electron chi connectivity index (χ1n) is 4.52. The second kappa shape index (κ2) is 4.68. The Balaban J connectivity index is 1.87. The molecule has 2 rings (SSSR count). The molecule has 14 heavy (non-hydrogen) atoms. The van der Waals surface area contributed by atoms with E-state index in [1.807, 2.05) is 11.7 Å². The Hall–Kier alpha value is -0.710. The zero-order chi connectivity index (χ0) is 9.80. The molecule has 0 saturated carbocycles. The lowest BCUT2D eigenvalue weighted by Crippen LogP contribution is -2.09. The Bertz CT molecular complexity index is 353. The van der Waals surface area contributed by atoms with Gasteiger partial charge in [0.2, 0.25) is 0 Å². The van der Waals surface area contributed by atoms with Gasteiger partial charge < -0.3 is 5.73 Å². The second-order valence-electron chi connectivity index (χ2n) is 3.13. The lowest BCUT2D eigenvalue weighted by atomic mass is 10.1. The maximum Gasteiger partial charge on any atom is 0.0794 e. The number of thiophene rings is 1. The van der Waals surface area contributed by atoms with Gasteiger partial charge in [0.05, 0.1) is 5.51 Å². The topological polar surface area (TPSA) is 38.9 Å². The standard InChI is InChI=1S/C10H12N2S2/c11-9(10-6-12-7-14-10)4-3-8-2-1-5-13-8/h1-2,5-7,9H,3-4,11H2. The molecule has 0 aliphatic carbocycles. The molecule has 2 aromatic heterocycles. The van der Waals surface area contributed by atoms with Crippen LogP contribution < -0.4 is 5.73 Å². The molecule has 0 radical (unpaired) electrons. The molecule has 0 aromatic carbocycles. The first kappa shape index (κ1) is 9.83. The average molecular weight is 224 g/mol. The largest absolute Gasteiger partial charge is 0.323 e. The Morgan fingerprint density at radius 1 is 1.43 bits per heavy atom. The molecule has 4 heteroatoms. The maximum atomic E-state index is 6.03. The lowest BCUT2D eigenvalue weighted by Gasteiger charge is -2.06. The minimum atomic E-state index is 0.143. The number of hydrogen-bond donors (Lipinski definition) is 1. The van der Waals surface area contributed by atoms with Crippen molar-refractivity contribution in [1.82, 2.24) is 4.98 Å². The summed E-state index contributed by atoms with van der Waals surface area (Å²) < 4.78 is 0. The van der Waals surface area contributed by atoms with E-state index < -0.39 is 0 Å². The zero-order valence-electron chi connectivity index (χ0n) is 7.72. The van der Waals surface area contributed by atoms with Crippen LogP contribution in [0.3, 0.4) is 0 Å². The molecule has 0 aliphatic rings. The second-order valence-corrected chi connectivity index (χ2v) is 5.08. The Morgan fingerprint density at radius 2 is 2.36 bits per heavy atom. The van der Waals surface area contributed by atoms with Gasteiger partial charge in [-0.25, -0.2) is 0 Å². The summed E-state index contributed by atoms with van der Waals surface area (Å²) in [5.41, 5.74) is 7.86. The van der Waals surface area contributed by atoms with Crippen molar-refractivity contribution in [3.05, 3.63) is 39.0 Å². The van der Waals surface area contributed by atoms with Crippen LogP contribution in [0.15, 0.2) is 29.2 Å². The molecule has 1 atom stereocenters. The smallest absolute Gasteiger partial charge is 0.0794 e. The van der Waals surface area contributed by atoms with Crippen LogP contribution in [-0.2, 0) is 6.42 Å². The van der Waals surface area contributed by atoms with Crippen LogP contribution in [-0.4, -0.2) is 4.98 Å². The number of hydrogen-bond acceptors (Lipinski definition) is 4. The van der Waals surface area contributed by atoms with Crippen molar-refractivity contribution in [2.24, 2.45) is 5.73 Å². The lowest BCUT2D eigenvalue weighted by molar-refractivity contribution is 0.665. The Kier molecular flexibility index (Phi) is 3.29. The van der Waals surface area contributed by atoms with Crippen LogP contribution in [0, 0.1) is 0 Å². The third kappa shape index (κ3) is 2.41. The van der Waals surface area contributed by atoms with Gasteiger partial charge in [0.15, 0.2) is 0 Å². The Labute approximate surface area is 91.4 Å². The summed E-state index contributed by atoms with van der Waals surface area (Å²) in [7, 11) is 0. The average Bonchev–Trinajstić information content (AvgIpc) is 2.87. The van der Waals surface area contributed by atoms with Gasteiger partial charge in [-0.3, -0.25) is 4.98 Å². The quantitative estimate of drug-likeness (QED) is 0.867. The molecule has 2 N–H and O–H groups in total. The van der Waals surface area contributed by atoms with Gasteiger partial charge >= 0.3 is 0 Å². The van der Waals surface area contributed by atoms with Gasteiger partial charge in [-0.15, -0.1) is 22.7 Å². The normalized spacial score (nSPS) is 12.9. The summed E-state index contributed by atoms with van der Waals surface area (Å²) in [6.07, 6.45) is 3.93. The summed E-state index contributed by atoms with van der Waals surface area (Å²) in [5, 5.41) is 2.10. The minimum absolute atomic E-state index is 0.143. The van der Waals surface area contributed by atoms with E-state index in [1.165, 1.54) is 9.75 Å². The molecule has 2 nitrogen and oxygen atoms in total. The van der Waals surface area contributed by atoms with Gasteiger partial charge in [-0.05, 0) is 24.3 Å². The van der Waals surface area contributed by atoms with Gasteiger partial charge in [0, 0.05) is 22.0 Å². The first-order chi connectivity index (χ1) is 6.86. The molecule has 0 aliphatic heterocycles. The predicted octanol–water partition coefficient (Wildman–Crippen LogP) is 2.84. The fourth-order valence-corrected chi connectivity index (χ4v) is 2.69. The molecule has 0 fully saturated rings. The summed E-state index contributed by atoms with van der Waals surface area (Å²) in [4.78, 5) is 6.62. The fourth-order valence-electron chi connectivity index (χ4n) is 1.30. The van der Waals surface area contributed by atoms with E-state index >= 15 is 0 Å². The number of nitrogens with zero attached hydrogens (tertiary/aromatic N) is 1. The van der Waals surface area contributed by atoms with Gasteiger partial charge in [-0.2, -0.15) is 0 Å². The molecule has 0 spiro atoms. The highest BCUT2D eigenvalue weighted by atomic mass is 32.1. The van der Waals surface area contributed by atoms with E-state index in [0.717, 1.165) is 12.8 Å². The zero-order valence-corrected chi connectivity index (χ0v) is 9.35. The molecule has 0 amide bonds. The number of rotatable bonds is 4. The SMILES string of the molecule is NC(CCc1cccs1)c1cncs1. The van der Waals surface area contributed by atoms with E-state index in [1.54, 1.807) is 22.7 Å². The summed E-state index contributed by atoms with van der Waals surface area (Å²) in [6.45, 7) is 0. The highest BCUT2D eigenvalue weighted by Gasteiger charge is 2.07. The molecule has 1 unspecified atom stereocenters. The predicted molar refractivity (Wildman–Crippen MR) is 61.7 cm³/mol. The maximum absolute atomic E-state index is 6.03. The highest BCUT2D eigenvalue weighted by Crippen LogP contribution is 2.21. The summed E-state index contributed by atoms with van der Waals surface area (Å²) in [6, 6.07) is 4.38. The van der Waals surface area contributed by atoms with Crippen molar-refractivity contribution in [2.75, 3.05) is 0 Å².